The van der Waals surface area contributed by atoms with Crippen LogP contribution >= 0.6 is 0 Å². The second-order valence-corrected chi connectivity index (χ2v) is 5.48. The molecular formula is C19H20N4O2. The summed E-state index contributed by atoms with van der Waals surface area (Å²) in [6.07, 6.45) is 4.25. The number of nitrogens with one attached hydrogen (secondary N) is 1. The highest BCUT2D eigenvalue weighted by atomic mass is 16.5. The average Bonchev–Trinajstić information content (AvgIpc) is 2.67. The lowest BCUT2D eigenvalue weighted by atomic mass is 10.2. The van der Waals surface area contributed by atoms with Crippen molar-refractivity contribution in [3.8, 4) is 22.9 Å². The van der Waals surface area contributed by atoms with Crippen molar-refractivity contribution in [1.82, 2.24) is 15.0 Å². The van der Waals surface area contributed by atoms with Crippen LogP contribution in [0.15, 0.2) is 48.8 Å². The first kappa shape index (κ1) is 16.7. The summed E-state index contributed by atoms with van der Waals surface area (Å²) in [4.78, 5) is 13.2. The van der Waals surface area contributed by atoms with Crippen LogP contribution in [0.2, 0.25) is 0 Å². The largest absolute Gasteiger partial charge is 0.504 e. The minimum Gasteiger partial charge on any atom is -0.504 e. The Balaban J connectivity index is 1.85. The number of hydrogen-bond acceptors (Lipinski definition) is 6. The lowest BCUT2D eigenvalue weighted by Crippen LogP contribution is -2.05. The standard InChI is InChI=1S/C19H20N4O2/c1-3-15-11-17(23-19(22-15)13-7-9-20-10-8-13)21-12-14-5-4-6-16(25-2)18(14)24/h4-11,24H,3,12H2,1-2H3,(H,21,22,23). The molecule has 0 saturated heterocycles. The zero-order chi connectivity index (χ0) is 17.6. The normalized spacial score (nSPS) is 10.5. The van der Waals surface area contributed by atoms with E-state index in [1.807, 2.05) is 30.3 Å². The molecule has 0 bridgehead atoms. The summed E-state index contributed by atoms with van der Waals surface area (Å²) in [6, 6.07) is 11.1. The van der Waals surface area contributed by atoms with Gasteiger partial charge in [-0.1, -0.05) is 19.1 Å². The smallest absolute Gasteiger partial charge is 0.162 e. The van der Waals surface area contributed by atoms with Crippen LogP contribution in [-0.2, 0) is 13.0 Å². The maximum atomic E-state index is 10.2. The van der Waals surface area contributed by atoms with E-state index in [2.05, 4.69) is 27.2 Å². The molecular weight excluding hydrogens is 316 g/mol. The fourth-order valence-electron chi connectivity index (χ4n) is 2.46. The molecule has 128 valence electrons. The van der Waals surface area contributed by atoms with E-state index >= 15 is 0 Å². The molecule has 3 aromatic rings. The zero-order valence-corrected chi connectivity index (χ0v) is 14.2. The molecule has 2 heterocycles. The van der Waals surface area contributed by atoms with Gasteiger partial charge in [0.05, 0.1) is 7.11 Å². The van der Waals surface area contributed by atoms with Crippen molar-refractivity contribution in [1.29, 1.82) is 0 Å². The number of para-hydroxylation sites is 1. The van der Waals surface area contributed by atoms with E-state index in [0.29, 0.717) is 23.9 Å². The summed E-state index contributed by atoms with van der Waals surface area (Å²) in [5.41, 5.74) is 2.60. The number of anilines is 1. The van der Waals surface area contributed by atoms with Gasteiger partial charge in [0.2, 0.25) is 0 Å². The lowest BCUT2D eigenvalue weighted by Gasteiger charge is -2.12. The number of nitrogens with zero attached hydrogens (tertiary/aromatic N) is 3. The van der Waals surface area contributed by atoms with Gasteiger partial charge >= 0.3 is 0 Å². The molecule has 0 aliphatic heterocycles. The molecule has 0 spiro atoms. The molecule has 1 aromatic carbocycles. The van der Waals surface area contributed by atoms with E-state index in [-0.39, 0.29) is 5.75 Å². The minimum absolute atomic E-state index is 0.136. The van der Waals surface area contributed by atoms with E-state index in [1.54, 1.807) is 18.5 Å². The van der Waals surface area contributed by atoms with Crippen LogP contribution in [-0.4, -0.2) is 27.2 Å². The van der Waals surface area contributed by atoms with Gasteiger partial charge in [0.25, 0.3) is 0 Å². The van der Waals surface area contributed by atoms with Gasteiger partial charge < -0.3 is 15.2 Å². The lowest BCUT2D eigenvalue weighted by molar-refractivity contribution is 0.371. The molecule has 0 unspecified atom stereocenters. The number of phenols is 1. The first-order chi connectivity index (χ1) is 12.2. The number of benzene rings is 1. The highest BCUT2D eigenvalue weighted by Gasteiger charge is 2.09. The van der Waals surface area contributed by atoms with Crippen molar-refractivity contribution in [2.24, 2.45) is 0 Å². The molecule has 0 atom stereocenters. The van der Waals surface area contributed by atoms with Crippen LogP contribution < -0.4 is 10.1 Å². The molecule has 6 heteroatoms. The van der Waals surface area contributed by atoms with E-state index in [0.717, 1.165) is 23.2 Å². The van der Waals surface area contributed by atoms with Gasteiger partial charge in [0.1, 0.15) is 5.82 Å². The van der Waals surface area contributed by atoms with E-state index in [4.69, 9.17) is 4.74 Å². The Kier molecular flexibility index (Phi) is 5.09. The third-order valence-corrected chi connectivity index (χ3v) is 3.84. The molecule has 3 rings (SSSR count). The maximum Gasteiger partial charge on any atom is 0.162 e. The van der Waals surface area contributed by atoms with Crippen molar-refractivity contribution in [2.75, 3.05) is 12.4 Å². The highest BCUT2D eigenvalue weighted by molar-refractivity contribution is 5.57. The van der Waals surface area contributed by atoms with Crippen LogP contribution in [0.1, 0.15) is 18.2 Å². The number of rotatable bonds is 6. The third kappa shape index (κ3) is 3.85. The summed E-state index contributed by atoms with van der Waals surface area (Å²) in [5, 5.41) is 13.5. The second kappa shape index (κ2) is 7.61. The molecule has 0 aliphatic rings. The van der Waals surface area contributed by atoms with Gasteiger partial charge in [-0.2, -0.15) is 0 Å². The number of hydrogen-bond donors (Lipinski definition) is 2. The highest BCUT2D eigenvalue weighted by Crippen LogP contribution is 2.29. The fourth-order valence-corrected chi connectivity index (χ4v) is 2.46. The van der Waals surface area contributed by atoms with E-state index in [9.17, 15) is 5.11 Å². The Morgan fingerprint density at radius 1 is 1.12 bits per heavy atom. The fraction of sp³-hybridized carbons (Fsp3) is 0.211. The quantitative estimate of drug-likeness (QED) is 0.718. The van der Waals surface area contributed by atoms with E-state index in [1.165, 1.54) is 7.11 Å². The van der Waals surface area contributed by atoms with Gasteiger partial charge in [-0.3, -0.25) is 4.98 Å². The van der Waals surface area contributed by atoms with Crippen molar-refractivity contribution >= 4 is 5.82 Å². The zero-order valence-electron chi connectivity index (χ0n) is 14.2. The molecule has 2 N–H and O–H groups in total. The number of ether oxygens (including phenoxy) is 1. The van der Waals surface area contributed by atoms with Crippen LogP contribution in [0.3, 0.4) is 0 Å². The van der Waals surface area contributed by atoms with Gasteiger partial charge in [0.15, 0.2) is 17.3 Å². The van der Waals surface area contributed by atoms with Crippen LogP contribution in [0.4, 0.5) is 5.82 Å². The number of phenolic OH excluding ortho intramolecular Hbond substituents is 1. The number of aromatic nitrogens is 3. The Morgan fingerprint density at radius 2 is 1.92 bits per heavy atom. The summed E-state index contributed by atoms with van der Waals surface area (Å²) in [6.45, 7) is 2.48. The molecule has 25 heavy (non-hydrogen) atoms. The predicted octanol–water partition coefficient (Wildman–Crippen LogP) is 3.43. The Morgan fingerprint density at radius 3 is 2.64 bits per heavy atom. The number of methoxy groups -OCH3 is 1. The van der Waals surface area contributed by atoms with Crippen LogP contribution in [0.25, 0.3) is 11.4 Å². The molecule has 0 amide bonds. The third-order valence-electron chi connectivity index (χ3n) is 3.84. The molecule has 0 fully saturated rings. The topological polar surface area (TPSA) is 80.2 Å². The predicted molar refractivity (Wildman–Crippen MR) is 96.6 cm³/mol. The molecule has 0 saturated carbocycles. The molecule has 6 nitrogen and oxygen atoms in total. The number of pyridine rings is 1. The molecule has 0 aliphatic carbocycles. The summed E-state index contributed by atoms with van der Waals surface area (Å²) in [5.74, 6) is 1.95. The molecule has 0 radical (unpaired) electrons. The average molecular weight is 336 g/mol. The van der Waals surface area contributed by atoms with Gasteiger partial charge in [-0.15, -0.1) is 0 Å². The number of aryl methyl sites for hydroxylation is 1. The summed E-state index contributed by atoms with van der Waals surface area (Å²) in [7, 11) is 1.53. The summed E-state index contributed by atoms with van der Waals surface area (Å²) >= 11 is 0. The van der Waals surface area contributed by atoms with Crippen molar-refractivity contribution < 1.29 is 9.84 Å². The maximum absolute atomic E-state index is 10.2. The first-order valence-corrected chi connectivity index (χ1v) is 8.08. The monoisotopic (exact) mass is 336 g/mol. The SMILES string of the molecule is CCc1cc(NCc2cccc(OC)c2O)nc(-c2ccncc2)n1. The van der Waals surface area contributed by atoms with Crippen molar-refractivity contribution in [2.45, 2.75) is 19.9 Å². The Hall–Kier alpha value is -3.15. The van der Waals surface area contributed by atoms with Gasteiger partial charge in [-0.25, -0.2) is 9.97 Å². The van der Waals surface area contributed by atoms with Gasteiger partial charge in [0, 0.05) is 41.8 Å². The second-order valence-electron chi connectivity index (χ2n) is 5.48. The first-order valence-electron chi connectivity index (χ1n) is 8.08. The van der Waals surface area contributed by atoms with Crippen molar-refractivity contribution in [3.05, 3.63) is 60.0 Å². The van der Waals surface area contributed by atoms with E-state index < -0.39 is 0 Å². The number of aromatic hydroxyl groups is 1. The van der Waals surface area contributed by atoms with Crippen LogP contribution in [0.5, 0.6) is 11.5 Å². The van der Waals surface area contributed by atoms with Crippen LogP contribution in [0, 0.1) is 0 Å². The van der Waals surface area contributed by atoms with Crippen molar-refractivity contribution in [3.63, 3.8) is 0 Å². The molecule has 2 aromatic heterocycles. The minimum atomic E-state index is 0.136. The Bertz CT molecular complexity index is 853. The summed E-state index contributed by atoms with van der Waals surface area (Å²) < 4.78 is 5.14. The Labute approximate surface area is 146 Å². The van der Waals surface area contributed by atoms with Gasteiger partial charge in [-0.05, 0) is 24.6 Å².